The van der Waals surface area contributed by atoms with E-state index in [0.717, 1.165) is 32.6 Å². The molecule has 2 heterocycles. The first-order valence-electron chi connectivity index (χ1n) is 7.12. The van der Waals surface area contributed by atoms with Gasteiger partial charge in [-0.1, -0.05) is 0 Å². The summed E-state index contributed by atoms with van der Waals surface area (Å²) in [4.78, 5) is 4.61. The summed E-state index contributed by atoms with van der Waals surface area (Å²) in [6, 6.07) is 15.7. The van der Waals surface area contributed by atoms with Crippen LogP contribution in [0.5, 0.6) is 5.75 Å². The molecule has 0 bridgehead atoms. The van der Waals surface area contributed by atoms with Crippen LogP contribution in [0.1, 0.15) is 0 Å². The number of nitrogens with zero attached hydrogens (tertiary/aromatic N) is 2. The molecular weight excluding hydrogens is 356 g/mol. The number of fused-ring (bicyclic) bond motifs is 1. The van der Waals surface area contributed by atoms with Crippen LogP contribution in [0.3, 0.4) is 0 Å². The number of oxazole rings is 1. The van der Waals surface area contributed by atoms with E-state index in [1.165, 1.54) is 0 Å². The molecule has 0 saturated heterocycles. The quantitative estimate of drug-likeness (QED) is 0.507. The van der Waals surface area contributed by atoms with Gasteiger partial charge in [-0.3, -0.25) is 0 Å². The number of halogens is 1. The maximum Gasteiger partial charge on any atom is 0.227 e. The highest BCUT2D eigenvalue weighted by Crippen LogP contribution is 2.32. The number of benzene rings is 2. The molecule has 0 saturated carbocycles. The molecule has 2 aromatic heterocycles. The van der Waals surface area contributed by atoms with Gasteiger partial charge in [0.1, 0.15) is 11.3 Å². The molecule has 5 heteroatoms. The number of ether oxygens (including phenoxy) is 1. The molecule has 0 radical (unpaired) electrons. The van der Waals surface area contributed by atoms with Crippen LogP contribution >= 0.6 is 15.9 Å². The van der Waals surface area contributed by atoms with Crippen molar-refractivity contribution in [2.24, 2.45) is 0 Å². The molecule has 23 heavy (non-hydrogen) atoms. The zero-order valence-electron chi connectivity index (χ0n) is 12.4. The summed E-state index contributed by atoms with van der Waals surface area (Å²) in [7, 11) is 1.64. The van der Waals surface area contributed by atoms with Gasteiger partial charge in [0.05, 0.1) is 11.6 Å². The molecule has 0 aliphatic carbocycles. The van der Waals surface area contributed by atoms with Gasteiger partial charge in [0.15, 0.2) is 5.58 Å². The van der Waals surface area contributed by atoms with E-state index >= 15 is 0 Å². The van der Waals surface area contributed by atoms with E-state index < -0.39 is 0 Å². The fourth-order valence-electron chi connectivity index (χ4n) is 2.51. The highest BCUT2D eigenvalue weighted by Gasteiger charge is 2.11. The second-order valence-corrected chi connectivity index (χ2v) is 5.97. The van der Waals surface area contributed by atoms with Crippen molar-refractivity contribution in [2.45, 2.75) is 0 Å². The monoisotopic (exact) mass is 368 g/mol. The minimum absolute atomic E-state index is 0.591. The number of methoxy groups -OCH3 is 1. The molecule has 0 spiro atoms. The third kappa shape index (κ3) is 2.53. The van der Waals surface area contributed by atoms with Gasteiger partial charge in [-0.25, -0.2) is 4.98 Å². The Balaban J connectivity index is 1.78. The van der Waals surface area contributed by atoms with Crippen molar-refractivity contribution in [3.63, 3.8) is 0 Å². The topological polar surface area (TPSA) is 40.2 Å². The lowest BCUT2D eigenvalue weighted by Gasteiger charge is -2.03. The highest BCUT2D eigenvalue weighted by molar-refractivity contribution is 9.10. The van der Waals surface area contributed by atoms with Crippen molar-refractivity contribution < 1.29 is 9.15 Å². The summed E-state index contributed by atoms with van der Waals surface area (Å²) in [6.07, 6.45) is 4.01. The smallest absolute Gasteiger partial charge is 0.227 e. The normalized spacial score (nSPS) is 11.0. The van der Waals surface area contributed by atoms with Crippen molar-refractivity contribution in [3.05, 3.63) is 65.4 Å². The predicted molar refractivity (Wildman–Crippen MR) is 93.0 cm³/mol. The van der Waals surface area contributed by atoms with Crippen molar-refractivity contribution >= 4 is 27.0 Å². The standard InChI is InChI=1S/C18H13BrN2O2/c1-22-16-6-4-12(10-14(16)19)18-20-15-11-13(5-7-17(15)23-18)21-8-2-3-9-21/h2-11H,1H3. The van der Waals surface area contributed by atoms with E-state index in [4.69, 9.17) is 9.15 Å². The van der Waals surface area contributed by atoms with E-state index in [9.17, 15) is 0 Å². The Morgan fingerprint density at radius 2 is 1.91 bits per heavy atom. The first-order chi connectivity index (χ1) is 11.2. The van der Waals surface area contributed by atoms with Crippen molar-refractivity contribution in [3.8, 4) is 22.9 Å². The van der Waals surface area contributed by atoms with Crippen LogP contribution in [0.25, 0.3) is 28.2 Å². The van der Waals surface area contributed by atoms with Crippen LogP contribution in [-0.4, -0.2) is 16.7 Å². The lowest BCUT2D eigenvalue weighted by molar-refractivity contribution is 0.412. The highest BCUT2D eigenvalue weighted by atomic mass is 79.9. The number of aromatic nitrogens is 2. The largest absolute Gasteiger partial charge is 0.496 e. The van der Waals surface area contributed by atoms with E-state index in [-0.39, 0.29) is 0 Å². The van der Waals surface area contributed by atoms with Crippen LogP contribution in [0.4, 0.5) is 0 Å². The molecule has 0 atom stereocenters. The Labute approximate surface area is 141 Å². The Kier molecular flexibility index (Phi) is 3.42. The van der Waals surface area contributed by atoms with Gasteiger partial charge in [0.25, 0.3) is 0 Å². The molecule has 114 valence electrons. The second kappa shape index (κ2) is 5.59. The Morgan fingerprint density at radius 3 is 2.65 bits per heavy atom. The van der Waals surface area contributed by atoms with E-state index in [2.05, 4.69) is 20.9 Å². The van der Waals surface area contributed by atoms with Crippen LogP contribution in [0, 0.1) is 0 Å². The molecule has 0 fully saturated rings. The van der Waals surface area contributed by atoms with Crippen LogP contribution in [-0.2, 0) is 0 Å². The summed E-state index contributed by atoms with van der Waals surface area (Å²) >= 11 is 3.49. The maximum absolute atomic E-state index is 5.87. The summed E-state index contributed by atoms with van der Waals surface area (Å²) < 4.78 is 14.0. The lowest BCUT2D eigenvalue weighted by atomic mass is 10.2. The molecule has 0 aliphatic heterocycles. The van der Waals surface area contributed by atoms with Gasteiger partial charge in [-0.05, 0) is 64.5 Å². The van der Waals surface area contributed by atoms with Gasteiger partial charge in [-0.15, -0.1) is 0 Å². The Morgan fingerprint density at radius 1 is 1.09 bits per heavy atom. The second-order valence-electron chi connectivity index (χ2n) is 5.11. The Hall–Kier alpha value is -2.53. The molecule has 4 nitrogen and oxygen atoms in total. The van der Waals surface area contributed by atoms with Crippen LogP contribution in [0.15, 0.2) is 69.8 Å². The Bertz CT molecular complexity index is 974. The summed E-state index contributed by atoms with van der Waals surface area (Å²) in [5.41, 5.74) is 3.55. The van der Waals surface area contributed by atoms with Crippen LogP contribution < -0.4 is 4.74 Å². The first kappa shape index (κ1) is 14.1. The average molecular weight is 369 g/mol. The molecule has 0 amide bonds. The third-order valence-electron chi connectivity index (χ3n) is 3.67. The van der Waals surface area contributed by atoms with Crippen molar-refractivity contribution in [1.82, 2.24) is 9.55 Å². The van der Waals surface area contributed by atoms with E-state index in [0.29, 0.717) is 5.89 Å². The zero-order chi connectivity index (χ0) is 15.8. The van der Waals surface area contributed by atoms with E-state index in [1.54, 1.807) is 7.11 Å². The molecule has 0 aliphatic rings. The first-order valence-corrected chi connectivity index (χ1v) is 7.92. The molecule has 2 aromatic carbocycles. The summed E-state index contributed by atoms with van der Waals surface area (Å²) in [5.74, 6) is 1.37. The minimum atomic E-state index is 0.591. The predicted octanol–water partition coefficient (Wildman–Crippen LogP) is 5.06. The fraction of sp³-hybridized carbons (Fsp3) is 0.0556. The zero-order valence-corrected chi connectivity index (χ0v) is 13.9. The van der Waals surface area contributed by atoms with Gasteiger partial charge >= 0.3 is 0 Å². The van der Waals surface area contributed by atoms with Crippen molar-refractivity contribution in [1.29, 1.82) is 0 Å². The fourth-order valence-corrected chi connectivity index (χ4v) is 3.05. The van der Waals surface area contributed by atoms with Gasteiger partial charge < -0.3 is 13.7 Å². The molecule has 4 aromatic rings. The third-order valence-corrected chi connectivity index (χ3v) is 4.29. The van der Waals surface area contributed by atoms with Gasteiger partial charge in [0.2, 0.25) is 5.89 Å². The number of rotatable bonds is 3. The minimum Gasteiger partial charge on any atom is -0.496 e. The number of hydrogen-bond donors (Lipinski definition) is 0. The molecule has 0 N–H and O–H groups in total. The van der Waals surface area contributed by atoms with Gasteiger partial charge in [-0.2, -0.15) is 0 Å². The molecular formula is C18H13BrN2O2. The van der Waals surface area contributed by atoms with Crippen molar-refractivity contribution in [2.75, 3.05) is 7.11 Å². The number of hydrogen-bond acceptors (Lipinski definition) is 3. The summed E-state index contributed by atoms with van der Waals surface area (Å²) in [6.45, 7) is 0. The van der Waals surface area contributed by atoms with Gasteiger partial charge in [0, 0.05) is 23.6 Å². The summed E-state index contributed by atoms with van der Waals surface area (Å²) in [5, 5.41) is 0. The lowest BCUT2D eigenvalue weighted by Crippen LogP contribution is -1.88. The average Bonchev–Trinajstić information content (AvgIpc) is 3.23. The van der Waals surface area contributed by atoms with Crippen LogP contribution in [0.2, 0.25) is 0 Å². The maximum atomic E-state index is 5.87. The molecule has 4 rings (SSSR count). The molecule has 0 unspecified atom stereocenters. The SMILES string of the molecule is COc1ccc(-c2nc3cc(-n4cccc4)ccc3o2)cc1Br. The van der Waals surface area contributed by atoms with E-state index in [1.807, 2.05) is 65.5 Å².